The van der Waals surface area contributed by atoms with Crippen LogP contribution in [0.25, 0.3) is 22.2 Å². The van der Waals surface area contributed by atoms with E-state index in [0.29, 0.717) is 12.0 Å². The fraction of sp³-hybridized carbons (Fsp3) is 0.125. The van der Waals surface area contributed by atoms with Gasteiger partial charge in [-0.05, 0) is 30.2 Å². The summed E-state index contributed by atoms with van der Waals surface area (Å²) in [6, 6.07) is 22.3. The number of aromatic nitrogens is 2. The fourth-order valence-corrected chi connectivity index (χ4v) is 3.46. The summed E-state index contributed by atoms with van der Waals surface area (Å²) in [6.45, 7) is 1.98. The normalized spacial score (nSPS) is 11.9. The Morgan fingerprint density at radius 2 is 1.79 bits per heavy atom. The van der Waals surface area contributed by atoms with Gasteiger partial charge in [0.25, 0.3) is 5.91 Å². The molecule has 1 amide bonds. The van der Waals surface area contributed by atoms with E-state index in [1.54, 1.807) is 6.20 Å². The lowest BCUT2D eigenvalue weighted by atomic mass is 10.0. The zero-order chi connectivity index (χ0) is 20.2. The minimum atomic E-state index is -0.253. The van der Waals surface area contributed by atoms with E-state index in [1.807, 2.05) is 73.7 Å². The first kappa shape index (κ1) is 18.6. The first-order valence-corrected chi connectivity index (χ1v) is 9.60. The van der Waals surface area contributed by atoms with E-state index in [1.165, 1.54) is 6.07 Å². The molecular formula is C24H21N3O2. The van der Waals surface area contributed by atoms with Gasteiger partial charge in [0.1, 0.15) is 0 Å². The Hall–Kier alpha value is -3.73. The van der Waals surface area contributed by atoms with Crippen molar-refractivity contribution in [2.75, 3.05) is 0 Å². The molecule has 1 atom stereocenters. The average Bonchev–Trinajstić information content (AvgIpc) is 2.77. The van der Waals surface area contributed by atoms with Gasteiger partial charge in [0, 0.05) is 23.2 Å². The second-order valence-electron chi connectivity index (χ2n) is 6.86. The summed E-state index contributed by atoms with van der Waals surface area (Å²) < 4.78 is 0. The van der Waals surface area contributed by atoms with Crippen LogP contribution in [-0.2, 0) is 0 Å². The highest BCUT2D eigenvalue weighted by Gasteiger charge is 2.18. The molecule has 2 heterocycles. The smallest absolute Gasteiger partial charge is 0.252 e. The number of pyridine rings is 2. The molecule has 0 saturated heterocycles. The third-order valence-electron chi connectivity index (χ3n) is 4.95. The topological polar surface area (TPSA) is 74.8 Å². The van der Waals surface area contributed by atoms with Crippen LogP contribution in [0.4, 0.5) is 0 Å². The van der Waals surface area contributed by atoms with Crippen LogP contribution in [0.15, 0.2) is 83.8 Å². The number of amides is 1. The maximum Gasteiger partial charge on any atom is 0.252 e. The number of H-pyrrole nitrogens is 1. The summed E-state index contributed by atoms with van der Waals surface area (Å²) in [6.07, 6.45) is 2.27. The summed E-state index contributed by atoms with van der Waals surface area (Å²) >= 11 is 0. The highest BCUT2D eigenvalue weighted by molar-refractivity contribution is 6.07. The van der Waals surface area contributed by atoms with Gasteiger partial charge in [-0.3, -0.25) is 9.59 Å². The van der Waals surface area contributed by atoms with Crippen LogP contribution < -0.4 is 10.9 Å². The number of benzene rings is 2. The van der Waals surface area contributed by atoms with Crippen LogP contribution in [0.1, 0.15) is 35.3 Å². The number of rotatable bonds is 5. The van der Waals surface area contributed by atoms with Crippen LogP contribution >= 0.6 is 0 Å². The Labute approximate surface area is 168 Å². The molecule has 0 radical (unpaired) electrons. The van der Waals surface area contributed by atoms with E-state index in [2.05, 4.69) is 10.3 Å². The molecule has 5 heteroatoms. The Morgan fingerprint density at radius 3 is 2.55 bits per heavy atom. The van der Waals surface area contributed by atoms with Gasteiger partial charge in [-0.2, -0.15) is 0 Å². The van der Waals surface area contributed by atoms with E-state index in [0.717, 1.165) is 27.7 Å². The van der Waals surface area contributed by atoms with E-state index in [-0.39, 0.29) is 17.5 Å². The van der Waals surface area contributed by atoms with E-state index in [4.69, 9.17) is 4.98 Å². The predicted molar refractivity (Wildman–Crippen MR) is 115 cm³/mol. The van der Waals surface area contributed by atoms with Gasteiger partial charge in [-0.15, -0.1) is 0 Å². The first-order chi connectivity index (χ1) is 14.2. The molecule has 1 unspecified atom stereocenters. The van der Waals surface area contributed by atoms with Gasteiger partial charge >= 0.3 is 0 Å². The Bertz CT molecular complexity index is 1220. The lowest BCUT2D eigenvalue weighted by molar-refractivity contribution is 0.0937. The third kappa shape index (κ3) is 3.94. The average molecular weight is 383 g/mol. The van der Waals surface area contributed by atoms with Crippen molar-refractivity contribution in [1.82, 2.24) is 15.3 Å². The summed E-state index contributed by atoms with van der Waals surface area (Å²) in [5.74, 6) is -0.187. The summed E-state index contributed by atoms with van der Waals surface area (Å²) in [7, 11) is 0. The van der Waals surface area contributed by atoms with E-state index in [9.17, 15) is 9.59 Å². The maximum atomic E-state index is 13.2. The number of fused-ring (bicyclic) bond motifs is 1. The largest absolute Gasteiger partial charge is 0.345 e. The van der Waals surface area contributed by atoms with Crippen LogP contribution in [0.3, 0.4) is 0 Å². The predicted octanol–water partition coefficient (Wildman–Crippen LogP) is 4.47. The van der Waals surface area contributed by atoms with Crippen molar-refractivity contribution in [3.8, 4) is 11.3 Å². The van der Waals surface area contributed by atoms with E-state index < -0.39 is 0 Å². The zero-order valence-electron chi connectivity index (χ0n) is 16.1. The molecule has 2 aromatic heterocycles. The van der Waals surface area contributed by atoms with Gasteiger partial charge in [-0.1, -0.05) is 55.5 Å². The van der Waals surface area contributed by atoms with Crippen molar-refractivity contribution < 1.29 is 4.79 Å². The van der Waals surface area contributed by atoms with Crippen molar-refractivity contribution in [2.45, 2.75) is 19.4 Å². The van der Waals surface area contributed by atoms with Gasteiger partial charge in [0.2, 0.25) is 5.56 Å². The summed E-state index contributed by atoms with van der Waals surface area (Å²) in [5, 5.41) is 3.87. The number of hydrogen-bond donors (Lipinski definition) is 2. The molecule has 0 aliphatic carbocycles. The molecule has 5 nitrogen and oxygen atoms in total. The van der Waals surface area contributed by atoms with Crippen molar-refractivity contribution in [3.05, 3.63) is 100 Å². The Kier molecular flexibility index (Phi) is 5.20. The first-order valence-electron chi connectivity index (χ1n) is 9.60. The SMILES string of the molecule is CCC(NC(=O)c1cc(-c2ccccc2)nc2ccccc12)c1cc[nH]c(=O)c1. The standard InChI is InChI=1S/C24H21N3O2/c1-2-20(17-12-13-25-23(28)14-17)27-24(29)19-15-22(16-8-4-3-5-9-16)26-21-11-7-6-10-18(19)21/h3-15,20H,2H2,1H3,(H,25,28)(H,27,29). The van der Waals surface area contributed by atoms with Crippen LogP contribution in [0.5, 0.6) is 0 Å². The van der Waals surface area contributed by atoms with Crippen LogP contribution in [-0.4, -0.2) is 15.9 Å². The van der Waals surface area contributed by atoms with Crippen molar-refractivity contribution in [3.63, 3.8) is 0 Å². The molecule has 4 aromatic rings. The third-order valence-corrected chi connectivity index (χ3v) is 4.95. The number of carbonyl (C=O) groups excluding carboxylic acids is 1. The monoisotopic (exact) mass is 383 g/mol. The molecule has 0 saturated carbocycles. The van der Waals surface area contributed by atoms with Gasteiger partial charge in [-0.25, -0.2) is 4.98 Å². The molecule has 0 aliphatic heterocycles. The van der Waals surface area contributed by atoms with Gasteiger partial charge in [0.05, 0.1) is 22.8 Å². The molecule has 2 aromatic carbocycles. The number of aromatic amines is 1. The molecule has 0 bridgehead atoms. The quantitative estimate of drug-likeness (QED) is 0.534. The lowest BCUT2D eigenvalue weighted by Gasteiger charge is -2.18. The summed E-state index contributed by atoms with van der Waals surface area (Å²) in [5.41, 5.74) is 3.63. The highest BCUT2D eigenvalue weighted by atomic mass is 16.1. The number of nitrogens with one attached hydrogen (secondary N) is 2. The minimum Gasteiger partial charge on any atom is -0.345 e. The van der Waals surface area contributed by atoms with Gasteiger partial charge < -0.3 is 10.3 Å². The minimum absolute atomic E-state index is 0.184. The molecular weight excluding hydrogens is 362 g/mol. The molecule has 29 heavy (non-hydrogen) atoms. The van der Waals surface area contributed by atoms with Crippen molar-refractivity contribution in [1.29, 1.82) is 0 Å². The molecule has 0 fully saturated rings. The number of nitrogens with zero attached hydrogens (tertiary/aromatic N) is 1. The maximum absolute atomic E-state index is 13.2. The molecule has 0 spiro atoms. The molecule has 2 N–H and O–H groups in total. The Morgan fingerprint density at radius 1 is 1.03 bits per heavy atom. The van der Waals surface area contributed by atoms with E-state index >= 15 is 0 Å². The zero-order valence-corrected chi connectivity index (χ0v) is 16.1. The Balaban J connectivity index is 1.75. The number of hydrogen-bond acceptors (Lipinski definition) is 3. The summed E-state index contributed by atoms with van der Waals surface area (Å²) in [4.78, 5) is 32.3. The second-order valence-corrected chi connectivity index (χ2v) is 6.86. The number of carbonyl (C=O) groups is 1. The van der Waals surface area contributed by atoms with Crippen LogP contribution in [0.2, 0.25) is 0 Å². The van der Waals surface area contributed by atoms with Crippen molar-refractivity contribution in [2.24, 2.45) is 0 Å². The highest BCUT2D eigenvalue weighted by Crippen LogP contribution is 2.25. The van der Waals surface area contributed by atoms with Crippen LogP contribution in [0, 0.1) is 0 Å². The lowest BCUT2D eigenvalue weighted by Crippen LogP contribution is -2.29. The second kappa shape index (κ2) is 8.10. The molecule has 0 aliphatic rings. The fourth-order valence-electron chi connectivity index (χ4n) is 3.46. The van der Waals surface area contributed by atoms with Gasteiger partial charge in [0.15, 0.2) is 0 Å². The molecule has 4 rings (SSSR count). The number of para-hydroxylation sites is 1. The van der Waals surface area contributed by atoms with Crippen molar-refractivity contribution >= 4 is 16.8 Å². The molecule has 144 valence electrons.